The number of furan rings is 1. The number of aromatic amines is 1. The third-order valence-electron chi connectivity index (χ3n) is 3.61. The maximum Gasteiger partial charge on any atom is 0.216 e. The van der Waals surface area contributed by atoms with E-state index in [-0.39, 0.29) is 0 Å². The van der Waals surface area contributed by atoms with E-state index in [0.717, 1.165) is 5.56 Å². The van der Waals surface area contributed by atoms with Gasteiger partial charge in [0, 0.05) is 11.8 Å². The Balaban J connectivity index is 1.65. The normalized spacial score (nSPS) is 11.3. The van der Waals surface area contributed by atoms with Crippen LogP contribution in [0.2, 0.25) is 5.02 Å². The zero-order valence-electron chi connectivity index (χ0n) is 13.3. The minimum Gasteiger partial charge on any atom is -0.455 e. The maximum atomic E-state index is 6.20. The summed E-state index contributed by atoms with van der Waals surface area (Å²) in [6.07, 6.45) is 3.25. The number of nitrogens with zero attached hydrogens (tertiary/aromatic N) is 4. The lowest BCUT2D eigenvalue weighted by Gasteiger charge is -1.99. The van der Waals surface area contributed by atoms with Crippen LogP contribution in [0.4, 0.5) is 0 Å². The van der Waals surface area contributed by atoms with Gasteiger partial charge in [-0.2, -0.15) is 14.9 Å². The molecule has 26 heavy (non-hydrogen) atoms. The fourth-order valence-electron chi connectivity index (χ4n) is 2.40. The predicted molar refractivity (Wildman–Crippen MR) is 103 cm³/mol. The second-order valence-electron chi connectivity index (χ2n) is 5.31. The molecule has 1 aromatic carbocycles. The van der Waals surface area contributed by atoms with Crippen molar-refractivity contribution in [2.75, 3.05) is 0 Å². The van der Waals surface area contributed by atoms with Crippen molar-refractivity contribution in [3.05, 3.63) is 76.3 Å². The smallest absolute Gasteiger partial charge is 0.216 e. The largest absolute Gasteiger partial charge is 0.455 e. The van der Waals surface area contributed by atoms with Crippen LogP contribution < -0.4 is 0 Å². The predicted octanol–water partition coefficient (Wildman–Crippen LogP) is 4.80. The highest BCUT2D eigenvalue weighted by Crippen LogP contribution is 2.28. The molecule has 3 heterocycles. The van der Waals surface area contributed by atoms with E-state index < -0.39 is 0 Å². The summed E-state index contributed by atoms with van der Waals surface area (Å²) in [4.78, 5) is 4.27. The molecular formula is C18H12ClN5OS. The molecule has 0 atom stereocenters. The van der Waals surface area contributed by atoms with Gasteiger partial charge in [0.05, 0.1) is 11.2 Å². The SMILES string of the molecule is S=c1[nH]nc(-c2ccccn2)n1/N=C\c1ccc(-c2ccccc2Cl)o1. The Morgan fingerprint density at radius 1 is 1.12 bits per heavy atom. The van der Waals surface area contributed by atoms with Crippen molar-refractivity contribution < 1.29 is 4.42 Å². The van der Waals surface area contributed by atoms with Gasteiger partial charge in [-0.1, -0.05) is 29.8 Å². The number of aromatic nitrogens is 4. The van der Waals surface area contributed by atoms with Gasteiger partial charge in [-0.05, 0) is 48.6 Å². The minimum atomic E-state index is 0.361. The van der Waals surface area contributed by atoms with Crippen LogP contribution in [0.15, 0.2) is 70.3 Å². The molecule has 0 bridgehead atoms. The number of pyridine rings is 1. The van der Waals surface area contributed by atoms with Crippen molar-refractivity contribution >= 4 is 30.0 Å². The molecule has 6 nitrogen and oxygen atoms in total. The molecule has 0 spiro atoms. The molecule has 0 saturated carbocycles. The molecule has 4 aromatic rings. The molecule has 0 aliphatic carbocycles. The third-order valence-corrected chi connectivity index (χ3v) is 4.20. The van der Waals surface area contributed by atoms with Gasteiger partial charge in [0.25, 0.3) is 0 Å². The molecule has 0 saturated heterocycles. The topological polar surface area (TPSA) is 72.0 Å². The lowest BCUT2D eigenvalue weighted by Crippen LogP contribution is -1.95. The monoisotopic (exact) mass is 381 g/mol. The highest BCUT2D eigenvalue weighted by Gasteiger charge is 2.10. The summed E-state index contributed by atoms with van der Waals surface area (Å²) < 4.78 is 7.66. The average Bonchev–Trinajstić information content (AvgIpc) is 3.28. The molecule has 8 heteroatoms. The zero-order chi connectivity index (χ0) is 17.9. The van der Waals surface area contributed by atoms with Crippen molar-refractivity contribution in [1.82, 2.24) is 19.9 Å². The van der Waals surface area contributed by atoms with Crippen molar-refractivity contribution in [3.63, 3.8) is 0 Å². The Hall–Kier alpha value is -3.03. The molecule has 0 unspecified atom stereocenters. The fourth-order valence-corrected chi connectivity index (χ4v) is 2.81. The first-order valence-electron chi connectivity index (χ1n) is 7.70. The van der Waals surface area contributed by atoms with Gasteiger partial charge >= 0.3 is 0 Å². The molecule has 0 radical (unpaired) electrons. The summed E-state index contributed by atoms with van der Waals surface area (Å²) in [6.45, 7) is 0. The minimum absolute atomic E-state index is 0.361. The molecule has 1 N–H and O–H groups in total. The van der Waals surface area contributed by atoms with E-state index in [9.17, 15) is 0 Å². The number of hydrogen-bond acceptors (Lipinski definition) is 5. The summed E-state index contributed by atoms with van der Waals surface area (Å²) in [7, 11) is 0. The summed E-state index contributed by atoms with van der Waals surface area (Å²) in [5, 5.41) is 11.9. The van der Waals surface area contributed by atoms with Crippen LogP contribution in [-0.4, -0.2) is 26.1 Å². The second-order valence-corrected chi connectivity index (χ2v) is 6.10. The maximum absolute atomic E-state index is 6.20. The summed E-state index contributed by atoms with van der Waals surface area (Å²) >= 11 is 11.4. The summed E-state index contributed by atoms with van der Waals surface area (Å²) in [5.74, 6) is 1.75. The van der Waals surface area contributed by atoms with Crippen LogP contribution in [0.5, 0.6) is 0 Å². The van der Waals surface area contributed by atoms with Crippen LogP contribution >= 0.6 is 23.8 Å². The van der Waals surface area contributed by atoms with E-state index in [1.54, 1.807) is 12.4 Å². The van der Waals surface area contributed by atoms with Gasteiger partial charge in [-0.3, -0.25) is 4.98 Å². The van der Waals surface area contributed by atoms with Crippen LogP contribution in [-0.2, 0) is 0 Å². The van der Waals surface area contributed by atoms with Gasteiger partial charge in [0.2, 0.25) is 10.6 Å². The molecule has 4 rings (SSSR count). The van der Waals surface area contributed by atoms with Gasteiger partial charge in [0.15, 0.2) is 0 Å². The van der Waals surface area contributed by atoms with Crippen LogP contribution in [0.25, 0.3) is 22.8 Å². The molecule has 0 aliphatic heterocycles. The Kier molecular flexibility index (Phi) is 4.47. The third kappa shape index (κ3) is 3.22. The second kappa shape index (κ2) is 7.07. The van der Waals surface area contributed by atoms with E-state index in [1.807, 2.05) is 54.6 Å². The number of nitrogens with one attached hydrogen (secondary N) is 1. The Labute approximate surface area is 158 Å². The molecule has 128 valence electrons. The van der Waals surface area contributed by atoms with E-state index in [0.29, 0.717) is 32.8 Å². The highest BCUT2D eigenvalue weighted by molar-refractivity contribution is 7.71. The number of hydrogen-bond donors (Lipinski definition) is 1. The summed E-state index contributed by atoms with van der Waals surface area (Å²) in [6, 6.07) is 16.7. The number of H-pyrrole nitrogens is 1. The van der Waals surface area contributed by atoms with Crippen LogP contribution in [0.1, 0.15) is 5.76 Å². The number of benzene rings is 1. The van der Waals surface area contributed by atoms with E-state index in [4.69, 9.17) is 28.2 Å². The lowest BCUT2D eigenvalue weighted by atomic mass is 10.2. The average molecular weight is 382 g/mol. The lowest BCUT2D eigenvalue weighted by molar-refractivity contribution is 0.574. The Morgan fingerprint density at radius 2 is 1.96 bits per heavy atom. The van der Waals surface area contributed by atoms with Crippen LogP contribution in [0, 0.1) is 4.77 Å². The first kappa shape index (κ1) is 16.4. The first-order valence-corrected chi connectivity index (χ1v) is 8.49. The van der Waals surface area contributed by atoms with Crippen molar-refractivity contribution in [2.24, 2.45) is 5.10 Å². The zero-order valence-corrected chi connectivity index (χ0v) is 14.9. The first-order chi connectivity index (χ1) is 12.7. The molecule has 0 amide bonds. The van der Waals surface area contributed by atoms with Crippen molar-refractivity contribution in [2.45, 2.75) is 0 Å². The quantitative estimate of drug-likeness (QED) is 0.407. The van der Waals surface area contributed by atoms with E-state index in [1.165, 1.54) is 4.68 Å². The van der Waals surface area contributed by atoms with Gasteiger partial charge < -0.3 is 4.42 Å². The number of rotatable bonds is 4. The van der Waals surface area contributed by atoms with E-state index >= 15 is 0 Å². The van der Waals surface area contributed by atoms with Gasteiger partial charge in [0.1, 0.15) is 17.2 Å². The Bertz CT molecular complexity index is 1130. The number of halogens is 1. The Morgan fingerprint density at radius 3 is 2.77 bits per heavy atom. The molecular weight excluding hydrogens is 370 g/mol. The highest BCUT2D eigenvalue weighted by atomic mass is 35.5. The fraction of sp³-hybridized carbons (Fsp3) is 0. The van der Waals surface area contributed by atoms with Crippen molar-refractivity contribution in [1.29, 1.82) is 0 Å². The standard InChI is InChI=1S/C18H12ClN5OS/c19-14-6-2-1-5-13(14)16-9-8-12(25-16)11-21-24-17(22-23-18(24)26)15-7-3-4-10-20-15/h1-11H,(H,23,26)/b21-11-. The van der Waals surface area contributed by atoms with Crippen LogP contribution in [0.3, 0.4) is 0 Å². The molecule has 0 fully saturated rings. The molecule has 0 aliphatic rings. The van der Waals surface area contributed by atoms with Gasteiger partial charge in [-0.25, -0.2) is 5.10 Å². The van der Waals surface area contributed by atoms with E-state index in [2.05, 4.69) is 20.3 Å². The van der Waals surface area contributed by atoms with Crippen molar-refractivity contribution in [3.8, 4) is 22.8 Å². The summed E-state index contributed by atoms with van der Waals surface area (Å²) in [5.41, 5.74) is 1.48. The molecule has 3 aromatic heterocycles. The van der Waals surface area contributed by atoms with Gasteiger partial charge in [-0.15, -0.1) is 0 Å².